The van der Waals surface area contributed by atoms with Crippen LogP contribution in [-0.4, -0.2) is 30.1 Å². The first-order chi connectivity index (χ1) is 9.11. The molecule has 1 saturated heterocycles. The van der Waals surface area contributed by atoms with Crippen molar-refractivity contribution in [1.29, 1.82) is 0 Å². The van der Waals surface area contributed by atoms with Gasteiger partial charge in [0.2, 0.25) is 5.91 Å². The highest BCUT2D eigenvalue weighted by Crippen LogP contribution is 2.29. The van der Waals surface area contributed by atoms with Gasteiger partial charge in [-0.2, -0.15) is 0 Å². The number of piperidine rings is 1. The highest BCUT2D eigenvalue weighted by molar-refractivity contribution is 6.31. The topological polar surface area (TPSA) is 52.6 Å². The van der Waals surface area contributed by atoms with Crippen molar-refractivity contribution in [3.63, 3.8) is 0 Å². The number of aliphatic hydroxyl groups excluding tert-OH is 1. The van der Waals surface area contributed by atoms with Gasteiger partial charge in [-0.25, -0.2) is 0 Å². The molecule has 0 atom stereocenters. The number of anilines is 1. The standard InChI is InChI=1S/C14H19ClN2O2/c1-10(19)16-11-5-7-17(8-6-11)14-4-2-3-13(15)12(14)9-18/h2-4,11,18H,5-9H2,1H3,(H,16,19). The van der Waals surface area contributed by atoms with Crippen molar-refractivity contribution in [2.75, 3.05) is 18.0 Å². The van der Waals surface area contributed by atoms with Gasteiger partial charge in [-0.05, 0) is 25.0 Å². The van der Waals surface area contributed by atoms with Gasteiger partial charge >= 0.3 is 0 Å². The zero-order valence-corrected chi connectivity index (χ0v) is 11.8. The summed E-state index contributed by atoms with van der Waals surface area (Å²) in [6, 6.07) is 5.93. The lowest BCUT2D eigenvalue weighted by Gasteiger charge is -2.35. The first-order valence-electron chi connectivity index (χ1n) is 6.52. The molecule has 0 radical (unpaired) electrons. The Morgan fingerprint density at radius 3 is 2.74 bits per heavy atom. The van der Waals surface area contributed by atoms with Crippen molar-refractivity contribution in [3.05, 3.63) is 28.8 Å². The molecular weight excluding hydrogens is 264 g/mol. The summed E-state index contributed by atoms with van der Waals surface area (Å²) >= 11 is 6.10. The summed E-state index contributed by atoms with van der Waals surface area (Å²) in [4.78, 5) is 13.3. The van der Waals surface area contributed by atoms with Crippen LogP contribution in [0, 0.1) is 0 Å². The van der Waals surface area contributed by atoms with Gasteiger partial charge in [-0.15, -0.1) is 0 Å². The molecule has 1 amide bonds. The van der Waals surface area contributed by atoms with E-state index in [0.717, 1.165) is 37.2 Å². The Morgan fingerprint density at radius 1 is 1.47 bits per heavy atom. The van der Waals surface area contributed by atoms with E-state index in [9.17, 15) is 9.90 Å². The van der Waals surface area contributed by atoms with Crippen molar-refractivity contribution in [2.24, 2.45) is 0 Å². The monoisotopic (exact) mass is 282 g/mol. The number of nitrogens with zero attached hydrogens (tertiary/aromatic N) is 1. The first-order valence-corrected chi connectivity index (χ1v) is 6.90. The van der Waals surface area contributed by atoms with Crippen LogP contribution < -0.4 is 10.2 Å². The van der Waals surface area contributed by atoms with Gasteiger partial charge in [0.15, 0.2) is 0 Å². The Bertz CT molecular complexity index is 457. The van der Waals surface area contributed by atoms with E-state index in [1.54, 1.807) is 13.0 Å². The Hall–Kier alpha value is -1.26. The van der Waals surface area contributed by atoms with Gasteiger partial charge in [0.25, 0.3) is 0 Å². The van der Waals surface area contributed by atoms with Crippen molar-refractivity contribution in [2.45, 2.75) is 32.4 Å². The van der Waals surface area contributed by atoms with E-state index in [2.05, 4.69) is 10.2 Å². The molecule has 5 heteroatoms. The SMILES string of the molecule is CC(=O)NC1CCN(c2cccc(Cl)c2CO)CC1. The lowest BCUT2D eigenvalue weighted by molar-refractivity contribution is -0.119. The fourth-order valence-electron chi connectivity index (χ4n) is 2.55. The number of carbonyl (C=O) groups excluding carboxylic acids is 1. The fraction of sp³-hybridized carbons (Fsp3) is 0.500. The van der Waals surface area contributed by atoms with Crippen LogP contribution in [0.15, 0.2) is 18.2 Å². The van der Waals surface area contributed by atoms with Crippen LogP contribution in [0.25, 0.3) is 0 Å². The molecule has 1 heterocycles. The Morgan fingerprint density at radius 2 is 2.16 bits per heavy atom. The lowest BCUT2D eigenvalue weighted by atomic mass is 10.0. The minimum atomic E-state index is -0.0549. The van der Waals surface area contributed by atoms with Crippen molar-refractivity contribution >= 4 is 23.2 Å². The second-order valence-corrected chi connectivity index (χ2v) is 5.26. The number of rotatable bonds is 3. The number of halogens is 1. The van der Waals surface area contributed by atoms with Crippen LogP contribution in [0.5, 0.6) is 0 Å². The molecular formula is C14H19ClN2O2. The van der Waals surface area contributed by atoms with Crippen LogP contribution in [0.4, 0.5) is 5.69 Å². The molecule has 0 spiro atoms. The van der Waals surface area contributed by atoms with Crippen LogP contribution >= 0.6 is 11.6 Å². The third-order valence-corrected chi connectivity index (χ3v) is 3.85. The van der Waals surface area contributed by atoms with E-state index in [1.807, 2.05) is 12.1 Å². The molecule has 0 aromatic heterocycles. The average molecular weight is 283 g/mol. The molecule has 104 valence electrons. The molecule has 19 heavy (non-hydrogen) atoms. The molecule has 2 N–H and O–H groups in total. The van der Waals surface area contributed by atoms with E-state index in [0.29, 0.717) is 5.02 Å². The fourth-order valence-corrected chi connectivity index (χ4v) is 2.78. The predicted molar refractivity (Wildman–Crippen MR) is 76.4 cm³/mol. The molecule has 1 aromatic rings. The summed E-state index contributed by atoms with van der Waals surface area (Å²) in [7, 11) is 0. The summed E-state index contributed by atoms with van der Waals surface area (Å²) in [5.74, 6) is 0.0252. The van der Waals surface area contributed by atoms with Gasteiger partial charge in [0.05, 0.1) is 6.61 Å². The molecule has 1 fully saturated rings. The normalized spacial score (nSPS) is 16.5. The zero-order chi connectivity index (χ0) is 13.8. The number of hydrogen-bond donors (Lipinski definition) is 2. The van der Waals surface area contributed by atoms with Crippen molar-refractivity contribution in [3.8, 4) is 0 Å². The first kappa shape index (κ1) is 14.2. The molecule has 4 nitrogen and oxygen atoms in total. The lowest BCUT2D eigenvalue weighted by Crippen LogP contribution is -2.44. The molecule has 1 aromatic carbocycles. The Kier molecular flexibility index (Phi) is 4.66. The summed E-state index contributed by atoms with van der Waals surface area (Å²) in [5.41, 5.74) is 1.78. The van der Waals surface area contributed by atoms with Crippen LogP contribution in [0.1, 0.15) is 25.3 Å². The highest BCUT2D eigenvalue weighted by Gasteiger charge is 2.21. The maximum absolute atomic E-state index is 11.0. The minimum absolute atomic E-state index is 0.0252. The van der Waals surface area contributed by atoms with E-state index in [-0.39, 0.29) is 18.6 Å². The van der Waals surface area contributed by atoms with Gasteiger partial charge in [0.1, 0.15) is 0 Å². The van der Waals surface area contributed by atoms with Gasteiger partial charge in [0, 0.05) is 42.3 Å². The van der Waals surface area contributed by atoms with Crippen LogP contribution in [0.2, 0.25) is 5.02 Å². The van der Waals surface area contributed by atoms with E-state index < -0.39 is 0 Å². The molecule has 2 rings (SSSR count). The summed E-state index contributed by atoms with van der Waals surface area (Å²) in [5, 5.41) is 13.0. The third kappa shape index (κ3) is 3.39. The number of carbonyl (C=O) groups is 1. The largest absolute Gasteiger partial charge is 0.392 e. The maximum atomic E-state index is 11.0. The maximum Gasteiger partial charge on any atom is 0.217 e. The molecule has 0 aliphatic carbocycles. The number of benzene rings is 1. The van der Waals surface area contributed by atoms with E-state index in [4.69, 9.17) is 11.6 Å². The third-order valence-electron chi connectivity index (χ3n) is 3.50. The molecule has 1 aliphatic rings. The van der Waals surface area contributed by atoms with Crippen molar-refractivity contribution < 1.29 is 9.90 Å². The second-order valence-electron chi connectivity index (χ2n) is 4.86. The quantitative estimate of drug-likeness (QED) is 0.891. The van der Waals surface area contributed by atoms with E-state index >= 15 is 0 Å². The number of hydrogen-bond acceptors (Lipinski definition) is 3. The summed E-state index contributed by atoms with van der Waals surface area (Å²) in [6.45, 7) is 3.21. The Balaban J connectivity index is 2.05. The number of nitrogens with one attached hydrogen (secondary N) is 1. The molecule has 0 unspecified atom stereocenters. The highest BCUT2D eigenvalue weighted by atomic mass is 35.5. The van der Waals surface area contributed by atoms with Crippen molar-refractivity contribution in [1.82, 2.24) is 5.32 Å². The predicted octanol–water partition coefficient (Wildman–Crippen LogP) is 1.94. The summed E-state index contributed by atoms with van der Waals surface area (Å²) in [6.07, 6.45) is 1.83. The molecule has 0 saturated carbocycles. The second kappa shape index (κ2) is 6.26. The van der Waals surface area contributed by atoms with E-state index in [1.165, 1.54) is 0 Å². The van der Waals surface area contributed by atoms with Gasteiger partial charge in [-0.3, -0.25) is 4.79 Å². The number of amides is 1. The van der Waals surface area contributed by atoms with Gasteiger partial charge in [-0.1, -0.05) is 17.7 Å². The summed E-state index contributed by atoms with van der Waals surface area (Å²) < 4.78 is 0. The van der Waals surface area contributed by atoms with Crippen LogP contribution in [-0.2, 0) is 11.4 Å². The smallest absolute Gasteiger partial charge is 0.217 e. The van der Waals surface area contributed by atoms with Crippen LogP contribution in [0.3, 0.4) is 0 Å². The Labute approximate surface area is 118 Å². The number of aliphatic hydroxyl groups is 1. The molecule has 0 bridgehead atoms. The average Bonchev–Trinajstić information content (AvgIpc) is 2.38. The van der Waals surface area contributed by atoms with Gasteiger partial charge < -0.3 is 15.3 Å². The minimum Gasteiger partial charge on any atom is -0.392 e. The zero-order valence-electron chi connectivity index (χ0n) is 11.0. The molecule has 1 aliphatic heterocycles.